The Morgan fingerprint density at radius 1 is 1.56 bits per heavy atom. The molecule has 1 aliphatic heterocycles. The van der Waals surface area contributed by atoms with E-state index in [0.717, 1.165) is 15.8 Å². The van der Waals surface area contributed by atoms with Crippen molar-refractivity contribution in [3.05, 3.63) is 15.4 Å². The van der Waals surface area contributed by atoms with Crippen LogP contribution >= 0.6 is 43.2 Å². The van der Waals surface area contributed by atoms with E-state index in [2.05, 4.69) is 31.9 Å². The van der Waals surface area contributed by atoms with Crippen molar-refractivity contribution >= 4 is 53.2 Å². The first-order valence-electron chi connectivity index (χ1n) is 4.81. The van der Waals surface area contributed by atoms with Crippen molar-refractivity contribution in [1.29, 1.82) is 0 Å². The van der Waals surface area contributed by atoms with E-state index in [9.17, 15) is 8.42 Å². The van der Waals surface area contributed by atoms with Gasteiger partial charge in [0.2, 0.25) is 0 Å². The molecule has 1 aromatic heterocycles. The van der Waals surface area contributed by atoms with Crippen LogP contribution in [-0.4, -0.2) is 30.6 Å². The van der Waals surface area contributed by atoms with Crippen LogP contribution in [0.5, 0.6) is 0 Å². The summed E-state index contributed by atoms with van der Waals surface area (Å²) in [6.07, 6.45) is 0.880. The molecule has 0 N–H and O–H groups in total. The molecule has 1 atom stereocenters. The number of aryl methyl sites for hydroxylation is 1. The molecule has 7 heteroatoms. The predicted molar refractivity (Wildman–Crippen MR) is 72.8 cm³/mol. The second-order valence-electron chi connectivity index (χ2n) is 3.77. The Bertz CT molecular complexity index is 478. The van der Waals surface area contributed by atoms with E-state index in [4.69, 9.17) is 0 Å². The molecule has 0 amide bonds. The molecule has 0 aliphatic carbocycles. The number of nitrogens with zero attached hydrogens (tertiary/aromatic N) is 1. The Kier molecular flexibility index (Phi) is 3.81. The quantitative estimate of drug-likeness (QED) is 0.730. The number of halogens is 2. The zero-order chi connectivity index (χ0) is 11.9. The minimum Gasteiger partial charge on any atom is -0.206 e. The van der Waals surface area contributed by atoms with Crippen LogP contribution in [0, 0.1) is 6.92 Å². The number of rotatable bonds is 2. The highest BCUT2D eigenvalue weighted by Gasteiger charge is 2.32. The fourth-order valence-electron chi connectivity index (χ4n) is 1.59. The summed E-state index contributed by atoms with van der Waals surface area (Å²) in [4.78, 5) is 0.284. The van der Waals surface area contributed by atoms with Gasteiger partial charge in [-0.1, -0.05) is 15.9 Å². The molecular weight excluding hydrogens is 378 g/mol. The van der Waals surface area contributed by atoms with Crippen molar-refractivity contribution in [3.63, 3.8) is 0 Å². The highest BCUT2D eigenvalue weighted by molar-refractivity contribution is 9.11. The maximum absolute atomic E-state index is 12.2. The first-order chi connectivity index (χ1) is 7.41. The van der Waals surface area contributed by atoms with Gasteiger partial charge in [-0.25, -0.2) is 8.42 Å². The third kappa shape index (κ3) is 2.38. The summed E-state index contributed by atoms with van der Waals surface area (Å²) in [5, 5.41) is 0. The first kappa shape index (κ1) is 13.0. The molecule has 1 fully saturated rings. The Morgan fingerprint density at radius 3 is 2.69 bits per heavy atom. The molecule has 0 saturated carbocycles. The van der Waals surface area contributed by atoms with Gasteiger partial charge in [-0.05, 0) is 40.9 Å². The van der Waals surface area contributed by atoms with Crippen molar-refractivity contribution in [1.82, 2.24) is 4.31 Å². The largest absolute Gasteiger partial charge is 0.252 e. The van der Waals surface area contributed by atoms with E-state index in [1.54, 1.807) is 10.4 Å². The molecule has 1 saturated heterocycles. The lowest BCUT2D eigenvalue weighted by Crippen LogP contribution is -2.28. The lowest BCUT2D eigenvalue weighted by atomic mass is 10.4. The van der Waals surface area contributed by atoms with E-state index < -0.39 is 10.0 Å². The summed E-state index contributed by atoms with van der Waals surface area (Å²) >= 11 is 8.09. The molecule has 16 heavy (non-hydrogen) atoms. The summed E-state index contributed by atoms with van der Waals surface area (Å²) in [5.41, 5.74) is 0.971. The Labute approximate surface area is 116 Å². The second-order valence-corrected chi connectivity index (χ2v) is 9.60. The molecule has 3 nitrogen and oxygen atoms in total. The van der Waals surface area contributed by atoms with Gasteiger partial charge in [0.15, 0.2) is 0 Å². The van der Waals surface area contributed by atoms with Crippen LogP contribution in [0.15, 0.2) is 14.1 Å². The maximum Gasteiger partial charge on any atom is 0.252 e. The van der Waals surface area contributed by atoms with E-state index in [0.29, 0.717) is 17.3 Å². The standard InChI is InChI=1S/C9H11Br2NO2S2/c1-6-4-8(15-9(6)11)16(13,14)12-3-2-7(10)5-12/h4,7H,2-3,5H2,1H3. The Balaban J connectivity index is 2.32. The molecule has 0 spiro atoms. The lowest BCUT2D eigenvalue weighted by molar-refractivity contribution is 0.480. The smallest absolute Gasteiger partial charge is 0.206 e. The van der Waals surface area contributed by atoms with Crippen LogP contribution in [0.4, 0.5) is 0 Å². The first-order valence-corrected chi connectivity index (χ1v) is 8.78. The third-order valence-electron chi connectivity index (χ3n) is 2.52. The number of alkyl halides is 1. The molecule has 0 radical (unpaired) electrons. The molecule has 90 valence electrons. The average molecular weight is 389 g/mol. The van der Waals surface area contributed by atoms with Crippen molar-refractivity contribution in [3.8, 4) is 0 Å². The minimum atomic E-state index is -3.28. The predicted octanol–water partition coefficient (Wildman–Crippen LogP) is 2.98. The molecule has 2 rings (SSSR count). The van der Waals surface area contributed by atoms with E-state index in [1.165, 1.54) is 11.3 Å². The average Bonchev–Trinajstić information content (AvgIpc) is 2.75. The van der Waals surface area contributed by atoms with E-state index in [-0.39, 0.29) is 4.83 Å². The van der Waals surface area contributed by atoms with Crippen LogP contribution < -0.4 is 0 Å². The summed E-state index contributed by atoms with van der Waals surface area (Å²) in [5.74, 6) is 0. The van der Waals surface area contributed by atoms with Crippen molar-refractivity contribution in [2.24, 2.45) is 0 Å². The SMILES string of the molecule is Cc1cc(S(=O)(=O)N2CCC(Br)C2)sc1Br. The summed E-state index contributed by atoms with van der Waals surface area (Å²) in [6, 6.07) is 1.73. The molecular formula is C9H11Br2NO2S2. The summed E-state index contributed by atoms with van der Waals surface area (Å²) < 4.78 is 27.3. The van der Waals surface area contributed by atoms with Gasteiger partial charge in [0.25, 0.3) is 10.0 Å². The lowest BCUT2D eigenvalue weighted by Gasteiger charge is -2.13. The zero-order valence-electron chi connectivity index (χ0n) is 8.61. The minimum absolute atomic E-state index is 0.284. The topological polar surface area (TPSA) is 37.4 Å². The monoisotopic (exact) mass is 387 g/mol. The van der Waals surface area contributed by atoms with Gasteiger partial charge >= 0.3 is 0 Å². The van der Waals surface area contributed by atoms with Crippen LogP contribution in [-0.2, 0) is 10.0 Å². The van der Waals surface area contributed by atoms with Gasteiger partial charge in [-0.2, -0.15) is 4.31 Å². The van der Waals surface area contributed by atoms with Crippen LogP contribution in [0.3, 0.4) is 0 Å². The summed E-state index contributed by atoms with van der Waals surface area (Å²) in [6.45, 7) is 3.07. The molecule has 0 bridgehead atoms. The van der Waals surface area contributed by atoms with Crippen molar-refractivity contribution in [2.75, 3.05) is 13.1 Å². The molecule has 1 unspecified atom stereocenters. The van der Waals surface area contributed by atoms with E-state index in [1.807, 2.05) is 6.92 Å². The number of sulfonamides is 1. The highest BCUT2D eigenvalue weighted by Crippen LogP contribution is 2.33. The van der Waals surface area contributed by atoms with Crippen LogP contribution in [0.25, 0.3) is 0 Å². The van der Waals surface area contributed by atoms with Gasteiger partial charge in [0.05, 0.1) is 3.79 Å². The Morgan fingerprint density at radius 2 is 2.25 bits per heavy atom. The number of hydrogen-bond donors (Lipinski definition) is 0. The normalized spacial score (nSPS) is 22.8. The van der Waals surface area contributed by atoms with E-state index >= 15 is 0 Å². The van der Waals surface area contributed by atoms with Gasteiger partial charge < -0.3 is 0 Å². The maximum atomic E-state index is 12.2. The molecule has 1 aromatic rings. The van der Waals surface area contributed by atoms with Crippen molar-refractivity contribution < 1.29 is 8.42 Å². The fourth-order valence-corrected chi connectivity index (χ4v) is 6.22. The Hall–Kier alpha value is 0.570. The van der Waals surface area contributed by atoms with Crippen molar-refractivity contribution in [2.45, 2.75) is 22.4 Å². The molecule has 0 aromatic carbocycles. The third-order valence-corrected chi connectivity index (χ3v) is 7.72. The van der Waals surface area contributed by atoms with Crippen LogP contribution in [0.2, 0.25) is 0 Å². The number of thiophene rings is 1. The molecule has 1 aliphatic rings. The zero-order valence-corrected chi connectivity index (χ0v) is 13.4. The van der Waals surface area contributed by atoms with Gasteiger partial charge in [-0.15, -0.1) is 11.3 Å². The van der Waals surface area contributed by atoms with Gasteiger partial charge in [-0.3, -0.25) is 0 Å². The molecule has 2 heterocycles. The summed E-state index contributed by atoms with van der Waals surface area (Å²) in [7, 11) is -3.28. The fraction of sp³-hybridized carbons (Fsp3) is 0.556. The van der Waals surface area contributed by atoms with Gasteiger partial charge in [0.1, 0.15) is 4.21 Å². The van der Waals surface area contributed by atoms with Gasteiger partial charge in [0, 0.05) is 17.9 Å². The number of hydrogen-bond acceptors (Lipinski definition) is 3. The second kappa shape index (κ2) is 4.68. The highest BCUT2D eigenvalue weighted by atomic mass is 79.9. The van der Waals surface area contributed by atoms with Crippen LogP contribution in [0.1, 0.15) is 12.0 Å².